The predicted molar refractivity (Wildman–Crippen MR) is 170 cm³/mol. The van der Waals surface area contributed by atoms with Crippen LogP contribution in [0.25, 0.3) is 76.5 Å². The standard InChI is InChI=1S/C36H22N4S/c1-3-11-24(12-4-1)33-38-34(28-19-18-23-10-7-8-15-26(23)20-28)40-35(39-33)29-17-9-16-27-21-31-32(22-30(27)29)41-36(37-31)25-13-5-2-6-14-25/h1-22H. The van der Waals surface area contributed by atoms with E-state index < -0.39 is 0 Å². The summed E-state index contributed by atoms with van der Waals surface area (Å²) in [4.78, 5) is 20.0. The highest BCUT2D eigenvalue weighted by molar-refractivity contribution is 7.21. The first kappa shape index (κ1) is 23.6. The van der Waals surface area contributed by atoms with Gasteiger partial charge < -0.3 is 0 Å². The zero-order valence-corrected chi connectivity index (χ0v) is 22.7. The lowest BCUT2D eigenvalue weighted by molar-refractivity contribution is 1.08. The molecule has 0 radical (unpaired) electrons. The van der Waals surface area contributed by atoms with Crippen molar-refractivity contribution in [3.8, 4) is 44.7 Å². The van der Waals surface area contributed by atoms with Crippen molar-refractivity contribution in [3.63, 3.8) is 0 Å². The molecule has 192 valence electrons. The predicted octanol–water partition coefficient (Wildman–Crippen LogP) is 9.46. The molecule has 0 amide bonds. The van der Waals surface area contributed by atoms with Gasteiger partial charge in [0.05, 0.1) is 10.2 Å². The van der Waals surface area contributed by atoms with Crippen LogP contribution >= 0.6 is 11.3 Å². The topological polar surface area (TPSA) is 51.6 Å². The second-order valence-corrected chi connectivity index (χ2v) is 11.0. The van der Waals surface area contributed by atoms with E-state index in [9.17, 15) is 0 Å². The monoisotopic (exact) mass is 542 g/mol. The van der Waals surface area contributed by atoms with Crippen molar-refractivity contribution in [2.24, 2.45) is 0 Å². The fourth-order valence-corrected chi connectivity index (χ4v) is 6.26. The Hall–Kier alpha value is -5.26. The molecule has 0 unspecified atom stereocenters. The number of rotatable bonds is 4. The van der Waals surface area contributed by atoms with Crippen LogP contribution in [0, 0.1) is 0 Å². The number of hydrogen-bond donors (Lipinski definition) is 0. The molecular formula is C36H22N4S. The summed E-state index contributed by atoms with van der Waals surface area (Å²) < 4.78 is 1.14. The van der Waals surface area contributed by atoms with Crippen LogP contribution in [-0.4, -0.2) is 19.9 Å². The SMILES string of the molecule is c1ccc(-c2nc(-c3ccc4ccccc4c3)nc(-c3cccc4cc5nc(-c6ccccc6)sc5cc34)n2)cc1. The second-order valence-electron chi connectivity index (χ2n) is 9.97. The second kappa shape index (κ2) is 9.73. The van der Waals surface area contributed by atoms with Crippen LogP contribution in [-0.2, 0) is 0 Å². The van der Waals surface area contributed by atoms with Gasteiger partial charge in [0.2, 0.25) is 0 Å². The van der Waals surface area contributed by atoms with E-state index in [1.54, 1.807) is 11.3 Å². The molecule has 8 rings (SSSR count). The van der Waals surface area contributed by atoms with Crippen LogP contribution in [0.2, 0.25) is 0 Å². The highest BCUT2D eigenvalue weighted by Crippen LogP contribution is 2.36. The zero-order chi connectivity index (χ0) is 27.2. The molecule has 0 aliphatic rings. The Kier molecular flexibility index (Phi) is 5.61. The molecule has 41 heavy (non-hydrogen) atoms. The Bertz CT molecular complexity index is 2210. The Balaban J connectivity index is 1.33. The van der Waals surface area contributed by atoms with Gasteiger partial charge in [-0.25, -0.2) is 19.9 Å². The van der Waals surface area contributed by atoms with Crippen molar-refractivity contribution >= 4 is 43.1 Å². The lowest BCUT2D eigenvalue weighted by Crippen LogP contribution is -2.00. The molecular weight excluding hydrogens is 520 g/mol. The number of aromatic nitrogens is 4. The van der Waals surface area contributed by atoms with Crippen LogP contribution in [0.3, 0.4) is 0 Å². The quantitative estimate of drug-likeness (QED) is 0.222. The van der Waals surface area contributed by atoms with Gasteiger partial charge in [-0.3, -0.25) is 0 Å². The lowest BCUT2D eigenvalue weighted by Gasteiger charge is -2.11. The van der Waals surface area contributed by atoms with E-state index in [4.69, 9.17) is 19.9 Å². The third kappa shape index (κ3) is 4.33. The Morgan fingerprint density at radius 1 is 0.415 bits per heavy atom. The fourth-order valence-electron chi connectivity index (χ4n) is 5.27. The Labute approximate surface area is 240 Å². The summed E-state index contributed by atoms with van der Waals surface area (Å²) in [6.45, 7) is 0. The number of fused-ring (bicyclic) bond motifs is 3. The van der Waals surface area contributed by atoms with E-state index in [-0.39, 0.29) is 0 Å². The molecule has 5 heteroatoms. The van der Waals surface area contributed by atoms with Gasteiger partial charge in [-0.1, -0.05) is 115 Å². The maximum Gasteiger partial charge on any atom is 0.164 e. The minimum absolute atomic E-state index is 0.653. The molecule has 2 aromatic heterocycles. The van der Waals surface area contributed by atoms with Crippen molar-refractivity contribution in [2.45, 2.75) is 0 Å². The lowest BCUT2D eigenvalue weighted by atomic mass is 10.0. The molecule has 0 aliphatic carbocycles. The van der Waals surface area contributed by atoms with Gasteiger partial charge in [-0.2, -0.15) is 0 Å². The molecule has 2 heterocycles. The Morgan fingerprint density at radius 2 is 1.07 bits per heavy atom. The molecule has 4 nitrogen and oxygen atoms in total. The van der Waals surface area contributed by atoms with Crippen LogP contribution in [0.4, 0.5) is 0 Å². The normalized spacial score (nSPS) is 11.4. The van der Waals surface area contributed by atoms with Crippen molar-refractivity contribution in [1.82, 2.24) is 19.9 Å². The molecule has 0 N–H and O–H groups in total. The van der Waals surface area contributed by atoms with E-state index in [2.05, 4.69) is 84.9 Å². The van der Waals surface area contributed by atoms with Gasteiger partial charge in [-0.15, -0.1) is 11.3 Å². The first-order valence-corrected chi connectivity index (χ1v) is 14.3. The molecule has 6 aromatic carbocycles. The van der Waals surface area contributed by atoms with Crippen LogP contribution in [0.5, 0.6) is 0 Å². The van der Waals surface area contributed by atoms with Crippen LogP contribution in [0.1, 0.15) is 0 Å². The summed E-state index contributed by atoms with van der Waals surface area (Å²) >= 11 is 1.71. The summed E-state index contributed by atoms with van der Waals surface area (Å²) in [7, 11) is 0. The van der Waals surface area contributed by atoms with Crippen molar-refractivity contribution in [1.29, 1.82) is 0 Å². The van der Waals surface area contributed by atoms with E-state index >= 15 is 0 Å². The summed E-state index contributed by atoms with van der Waals surface area (Å²) in [5.74, 6) is 1.96. The average molecular weight is 543 g/mol. The summed E-state index contributed by atoms with van der Waals surface area (Å²) in [5, 5.41) is 5.56. The minimum atomic E-state index is 0.653. The maximum absolute atomic E-state index is 5.05. The highest BCUT2D eigenvalue weighted by Gasteiger charge is 2.16. The molecule has 0 atom stereocenters. The van der Waals surface area contributed by atoms with Gasteiger partial charge in [0.1, 0.15) is 5.01 Å². The zero-order valence-electron chi connectivity index (χ0n) is 21.9. The molecule has 0 saturated heterocycles. The molecule has 8 aromatic rings. The third-order valence-corrected chi connectivity index (χ3v) is 8.39. The number of benzene rings is 6. The van der Waals surface area contributed by atoms with Crippen LogP contribution < -0.4 is 0 Å². The van der Waals surface area contributed by atoms with E-state index in [0.717, 1.165) is 53.6 Å². The molecule has 0 spiro atoms. The van der Waals surface area contributed by atoms with Crippen molar-refractivity contribution in [2.75, 3.05) is 0 Å². The first-order chi connectivity index (χ1) is 20.3. The highest BCUT2D eigenvalue weighted by atomic mass is 32.1. The van der Waals surface area contributed by atoms with E-state index in [1.165, 1.54) is 5.39 Å². The fraction of sp³-hybridized carbons (Fsp3) is 0. The molecule has 0 aliphatic heterocycles. The van der Waals surface area contributed by atoms with Crippen molar-refractivity contribution in [3.05, 3.63) is 133 Å². The van der Waals surface area contributed by atoms with Gasteiger partial charge in [0, 0.05) is 22.3 Å². The third-order valence-electron chi connectivity index (χ3n) is 7.33. The first-order valence-electron chi connectivity index (χ1n) is 13.5. The molecule has 0 bridgehead atoms. The number of nitrogens with zero attached hydrogens (tertiary/aromatic N) is 4. The molecule has 0 fully saturated rings. The summed E-state index contributed by atoms with van der Waals surface area (Å²) in [5.41, 5.74) is 5.01. The summed E-state index contributed by atoms with van der Waals surface area (Å²) in [6.07, 6.45) is 0. The van der Waals surface area contributed by atoms with Gasteiger partial charge in [-0.05, 0) is 39.7 Å². The van der Waals surface area contributed by atoms with E-state index in [1.807, 2.05) is 48.5 Å². The number of hydrogen-bond acceptors (Lipinski definition) is 5. The Morgan fingerprint density at radius 3 is 1.88 bits per heavy atom. The van der Waals surface area contributed by atoms with E-state index in [0.29, 0.717) is 17.5 Å². The largest absolute Gasteiger partial charge is 0.236 e. The molecule has 0 saturated carbocycles. The smallest absolute Gasteiger partial charge is 0.164 e. The average Bonchev–Trinajstić information content (AvgIpc) is 3.47. The van der Waals surface area contributed by atoms with Gasteiger partial charge >= 0.3 is 0 Å². The van der Waals surface area contributed by atoms with Crippen LogP contribution in [0.15, 0.2) is 133 Å². The maximum atomic E-state index is 5.05. The summed E-state index contributed by atoms with van der Waals surface area (Å²) in [6, 6.07) is 45.8. The van der Waals surface area contributed by atoms with Gasteiger partial charge in [0.25, 0.3) is 0 Å². The minimum Gasteiger partial charge on any atom is -0.236 e. The van der Waals surface area contributed by atoms with Crippen molar-refractivity contribution < 1.29 is 0 Å². The number of thiazole rings is 1. The van der Waals surface area contributed by atoms with Gasteiger partial charge in [0.15, 0.2) is 17.5 Å².